The molecule has 0 aromatic carbocycles. The molecule has 1 heterocycles. The number of nitrogens with zero attached hydrogens (tertiary/aromatic N) is 1. The Morgan fingerprint density at radius 3 is 2.76 bits per heavy atom. The van der Waals surface area contributed by atoms with E-state index in [9.17, 15) is 5.11 Å². The van der Waals surface area contributed by atoms with E-state index in [1.165, 1.54) is 17.8 Å². The molecule has 0 atom stereocenters. The van der Waals surface area contributed by atoms with E-state index in [1.54, 1.807) is 11.3 Å². The first-order valence-electron chi connectivity index (χ1n) is 6.54. The first-order valence-corrected chi connectivity index (χ1v) is 7.42. The van der Waals surface area contributed by atoms with Gasteiger partial charge in [-0.2, -0.15) is 0 Å². The van der Waals surface area contributed by atoms with Crippen molar-refractivity contribution in [3.63, 3.8) is 0 Å². The van der Waals surface area contributed by atoms with Crippen LogP contribution in [0.2, 0.25) is 0 Å². The summed E-state index contributed by atoms with van der Waals surface area (Å²) in [7, 11) is 0. The Kier molecular flexibility index (Phi) is 4.17. The maximum absolute atomic E-state index is 10.1. The van der Waals surface area contributed by atoms with Gasteiger partial charge in [-0.25, -0.2) is 4.98 Å². The Labute approximate surface area is 107 Å². The fraction of sp³-hybridized carbons (Fsp3) is 0.769. The van der Waals surface area contributed by atoms with E-state index in [1.807, 2.05) is 13.8 Å². The number of hydrogen-bond donors (Lipinski definition) is 2. The fourth-order valence-corrected chi connectivity index (χ4v) is 2.84. The summed E-state index contributed by atoms with van der Waals surface area (Å²) in [6, 6.07) is 0. The second-order valence-corrected chi connectivity index (χ2v) is 5.88. The van der Waals surface area contributed by atoms with Crippen LogP contribution in [0, 0.1) is 0 Å². The summed E-state index contributed by atoms with van der Waals surface area (Å²) in [5.41, 5.74) is 0.557. The molecule has 2 N–H and O–H groups in total. The molecule has 2 rings (SSSR count). The summed E-state index contributed by atoms with van der Waals surface area (Å²) in [5.74, 6) is 0.747. The van der Waals surface area contributed by atoms with Crippen LogP contribution in [0.5, 0.6) is 0 Å². The highest BCUT2D eigenvalue weighted by molar-refractivity contribution is 7.09. The van der Waals surface area contributed by atoms with Crippen molar-refractivity contribution in [2.45, 2.75) is 57.6 Å². The quantitative estimate of drug-likeness (QED) is 0.786. The molecule has 1 aromatic heterocycles. The van der Waals surface area contributed by atoms with Crippen molar-refractivity contribution in [3.8, 4) is 0 Å². The Balaban J connectivity index is 1.77. The van der Waals surface area contributed by atoms with Crippen LogP contribution in [0.4, 0.5) is 0 Å². The Morgan fingerprint density at radius 2 is 2.18 bits per heavy atom. The minimum absolute atomic E-state index is 0.560. The molecule has 0 spiro atoms. The van der Waals surface area contributed by atoms with Gasteiger partial charge in [-0.05, 0) is 25.7 Å². The lowest BCUT2D eigenvalue weighted by atomic mass is 9.98. The molecular formula is C13H22N2OS. The summed E-state index contributed by atoms with van der Waals surface area (Å²) in [4.78, 5) is 4.62. The van der Waals surface area contributed by atoms with Gasteiger partial charge in [-0.3, -0.25) is 0 Å². The first-order chi connectivity index (χ1) is 8.17. The third-order valence-electron chi connectivity index (χ3n) is 3.57. The van der Waals surface area contributed by atoms with Crippen LogP contribution < -0.4 is 5.32 Å². The average Bonchev–Trinajstić information content (AvgIpc) is 3.10. The molecule has 0 bridgehead atoms. The van der Waals surface area contributed by atoms with Crippen LogP contribution in [0.3, 0.4) is 0 Å². The standard InChI is InChI=1S/C13H22N2OS/c1-3-13(16,4-2)9-14-7-11-8-17-12(15-11)10-5-6-10/h8,10,14,16H,3-7,9H2,1-2H3. The maximum atomic E-state index is 10.1. The Hall–Kier alpha value is -0.450. The minimum Gasteiger partial charge on any atom is -0.389 e. The molecule has 1 fully saturated rings. The molecule has 0 unspecified atom stereocenters. The highest BCUT2D eigenvalue weighted by Gasteiger charge is 2.26. The van der Waals surface area contributed by atoms with Gasteiger partial charge in [0.05, 0.1) is 16.3 Å². The monoisotopic (exact) mass is 254 g/mol. The van der Waals surface area contributed by atoms with Gasteiger partial charge in [0.15, 0.2) is 0 Å². The Bertz CT molecular complexity index is 356. The molecule has 1 aliphatic rings. The van der Waals surface area contributed by atoms with Crippen molar-refractivity contribution >= 4 is 11.3 Å². The van der Waals surface area contributed by atoms with Crippen LogP contribution in [0.15, 0.2) is 5.38 Å². The molecule has 1 aromatic rings. The van der Waals surface area contributed by atoms with E-state index in [-0.39, 0.29) is 0 Å². The summed E-state index contributed by atoms with van der Waals surface area (Å²) in [6.07, 6.45) is 4.21. The minimum atomic E-state index is -0.560. The summed E-state index contributed by atoms with van der Waals surface area (Å²) in [6.45, 7) is 5.47. The van der Waals surface area contributed by atoms with Crippen molar-refractivity contribution in [2.75, 3.05) is 6.54 Å². The van der Waals surface area contributed by atoms with Crippen LogP contribution in [-0.2, 0) is 6.54 Å². The fourth-order valence-electron chi connectivity index (χ4n) is 1.84. The van der Waals surface area contributed by atoms with Crippen LogP contribution >= 0.6 is 11.3 Å². The lowest BCUT2D eigenvalue weighted by molar-refractivity contribution is 0.0322. The summed E-state index contributed by atoms with van der Waals surface area (Å²) < 4.78 is 0. The van der Waals surface area contributed by atoms with Gasteiger partial charge in [-0.15, -0.1) is 11.3 Å². The van der Waals surface area contributed by atoms with Gasteiger partial charge in [-0.1, -0.05) is 13.8 Å². The first kappa shape index (κ1) is 13.0. The lowest BCUT2D eigenvalue weighted by Crippen LogP contribution is -2.39. The van der Waals surface area contributed by atoms with Crippen molar-refractivity contribution in [3.05, 3.63) is 16.1 Å². The lowest BCUT2D eigenvalue weighted by Gasteiger charge is -2.25. The van der Waals surface area contributed by atoms with E-state index in [0.717, 1.165) is 31.0 Å². The van der Waals surface area contributed by atoms with Gasteiger partial charge >= 0.3 is 0 Å². The zero-order chi connectivity index (χ0) is 12.3. The largest absolute Gasteiger partial charge is 0.389 e. The van der Waals surface area contributed by atoms with Gasteiger partial charge in [0.1, 0.15) is 0 Å². The van der Waals surface area contributed by atoms with Crippen LogP contribution in [0.25, 0.3) is 0 Å². The molecule has 0 aliphatic heterocycles. The molecule has 3 nitrogen and oxygen atoms in total. The second kappa shape index (κ2) is 5.46. The number of aromatic nitrogens is 1. The Morgan fingerprint density at radius 1 is 1.47 bits per heavy atom. The molecule has 4 heteroatoms. The SMILES string of the molecule is CCC(O)(CC)CNCc1csc(C2CC2)n1. The van der Waals surface area contributed by atoms with Crippen molar-refractivity contribution in [1.82, 2.24) is 10.3 Å². The van der Waals surface area contributed by atoms with Crippen molar-refractivity contribution in [1.29, 1.82) is 0 Å². The van der Waals surface area contributed by atoms with Gasteiger partial charge in [0.2, 0.25) is 0 Å². The molecule has 1 aliphatic carbocycles. The van der Waals surface area contributed by atoms with E-state index in [0.29, 0.717) is 6.54 Å². The second-order valence-electron chi connectivity index (χ2n) is 4.99. The van der Waals surface area contributed by atoms with Gasteiger partial charge < -0.3 is 10.4 Å². The van der Waals surface area contributed by atoms with Crippen LogP contribution in [-0.4, -0.2) is 22.2 Å². The average molecular weight is 254 g/mol. The highest BCUT2D eigenvalue weighted by atomic mass is 32.1. The molecule has 0 amide bonds. The molecule has 1 saturated carbocycles. The molecular weight excluding hydrogens is 232 g/mol. The van der Waals surface area contributed by atoms with Crippen molar-refractivity contribution < 1.29 is 5.11 Å². The number of rotatable bonds is 7. The number of hydrogen-bond acceptors (Lipinski definition) is 4. The maximum Gasteiger partial charge on any atom is 0.0959 e. The zero-order valence-corrected chi connectivity index (χ0v) is 11.5. The van der Waals surface area contributed by atoms with Gasteiger partial charge in [0.25, 0.3) is 0 Å². The van der Waals surface area contributed by atoms with E-state index >= 15 is 0 Å². The third kappa shape index (κ3) is 3.50. The number of thiazole rings is 1. The summed E-state index contributed by atoms with van der Waals surface area (Å²) in [5, 5.41) is 16.9. The molecule has 0 radical (unpaired) electrons. The van der Waals surface area contributed by atoms with E-state index in [4.69, 9.17) is 0 Å². The normalized spacial score (nSPS) is 16.4. The topological polar surface area (TPSA) is 45.1 Å². The van der Waals surface area contributed by atoms with E-state index < -0.39 is 5.60 Å². The molecule has 96 valence electrons. The third-order valence-corrected chi connectivity index (χ3v) is 4.63. The predicted octanol–water partition coefficient (Wildman–Crippen LogP) is 2.66. The molecule has 0 saturated heterocycles. The predicted molar refractivity (Wildman–Crippen MR) is 71.3 cm³/mol. The molecule has 17 heavy (non-hydrogen) atoms. The zero-order valence-electron chi connectivity index (χ0n) is 10.7. The van der Waals surface area contributed by atoms with E-state index in [2.05, 4.69) is 15.7 Å². The number of aliphatic hydroxyl groups is 1. The van der Waals surface area contributed by atoms with Crippen LogP contribution in [0.1, 0.15) is 56.2 Å². The smallest absolute Gasteiger partial charge is 0.0959 e. The van der Waals surface area contributed by atoms with Crippen molar-refractivity contribution in [2.24, 2.45) is 0 Å². The summed E-state index contributed by atoms with van der Waals surface area (Å²) >= 11 is 1.78. The van der Waals surface area contributed by atoms with Gasteiger partial charge in [0, 0.05) is 24.4 Å². The number of nitrogens with one attached hydrogen (secondary N) is 1. The highest BCUT2D eigenvalue weighted by Crippen LogP contribution is 2.41.